The van der Waals surface area contributed by atoms with Gasteiger partial charge in [0, 0.05) is 14.4 Å². The van der Waals surface area contributed by atoms with Gasteiger partial charge in [0.05, 0.1) is 11.7 Å². The Morgan fingerprint density at radius 2 is 2.26 bits per heavy atom. The lowest BCUT2D eigenvalue weighted by atomic mass is 9.94. The average Bonchev–Trinajstić information content (AvgIpc) is 2.85. The first kappa shape index (κ1) is 13.5. The summed E-state index contributed by atoms with van der Waals surface area (Å²) in [7, 11) is 0. The molecule has 0 radical (unpaired) electrons. The summed E-state index contributed by atoms with van der Waals surface area (Å²) >= 11 is 11.7. The summed E-state index contributed by atoms with van der Waals surface area (Å²) in [5.74, 6) is 0. The van der Waals surface area contributed by atoms with E-state index in [4.69, 9.17) is 11.6 Å². The minimum Gasteiger partial charge on any atom is -0.377 e. The normalized spacial score (nSPS) is 18.2. The van der Waals surface area contributed by atoms with Crippen molar-refractivity contribution in [3.63, 3.8) is 0 Å². The van der Waals surface area contributed by atoms with Crippen LogP contribution >= 0.6 is 38.9 Å². The van der Waals surface area contributed by atoms with Crippen LogP contribution in [0.2, 0.25) is 5.02 Å². The van der Waals surface area contributed by atoms with Crippen molar-refractivity contribution in [3.05, 3.63) is 49.1 Å². The van der Waals surface area contributed by atoms with Crippen LogP contribution in [0.15, 0.2) is 28.1 Å². The van der Waals surface area contributed by atoms with Gasteiger partial charge in [-0.3, -0.25) is 0 Å². The Morgan fingerprint density at radius 1 is 1.42 bits per heavy atom. The van der Waals surface area contributed by atoms with Crippen molar-refractivity contribution < 1.29 is 0 Å². The monoisotopic (exact) mass is 355 g/mol. The summed E-state index contributed by atoms with van der Waals surface area (Å²) < 4.78 is 1.08. The molecule has 1 aliphatic rings. The lowest BCUT2D eigenvalue weighted by Gasteiger charge is -2.25. The van der Waals surface area contributed by atoms with Gasteiger partial charge in [-0.25, -0.2) is 0 Å². The van der Waals surface area contributed by atoms with E-state index >= 15 is 0 Å². The number of thiophene rings is 1. The van der Waals surface area contributed by atoms with Gasteiger partial charge in [0.25, 0.3) is 0 Å². The van der Waals surface area contributed by atoms with Gasteiger partial charge in [0.2, 0.25) is 0 Å². The Labute approximate surface area is 131 Å². The first-order valence-corrected chi connectivity index (χ1v) is 8.48. The van der Waals surface area contributed by atoms with Crippen molar-refractivity contribution in [1.29, 1.82) is 0 Å². The number of aryl methyl sites for hydroxylation is 2. The lowest BCUT2D eigenvalue weighted by molar-refractivity contribution is 0.608. The fourth-order valence-corrected chi connectivity index (χ4v) is 4.30. The molecule has 1 heterocycles. The first-order chi connectivity index (χ1) is 9.15. The van der Waals surface area contributed by atoms with E-state index in [2.05, 4.69) is 38.8 Å². The highest BCUT2D eigenvalue weighted by molar-refractivity contribution is 9.10. The zero-order chi connectivity index (χ0) is 13.4. The first-order valence-electron chi connectivity index (χ1n) is 6.43. The minimum absolute atomic E-state index is 0.407. The number of fused-ring (bicyclic) bond motifs is 1. The number of rotatable bonds is 2. The molecule has 0 saturated carbocycles. The second kappa shape index (κ2) is 5.47. The van der Waals surface area contributed by atoms with Gasteiger partial charge < -0.3 is 5.32 Å². The molecule has 100 valence electrons. The molecule has 1 atom stereocenters. The molecule has 1 aromatic heterocycles. The fraction of sp³-hybridized carbons (Fsp3) is 0.333. The number of hydrogen-bond acceptors (Lipinski definition) is 2. The molecule has 1 nitrogen and oxygen atoms in total. The van der Waals surface area contributed by atoms with Gasteiger partial charge in [0.1, 0.15) is 0 Å². The number of hydrogen-bond donors (Lipinski definition) is 1. The van der Waals surface area contributed by atoms with Gasteiger partial charge in [-0.1, -0.05) is 11.6 Å². The van der Waals surface area contributed by atoms with E-state index in [0.29, 0.717) is 6.04 Å². The van der Waals surface area contributed by atoms with Gasteiger partial charge in [-0.15, -0.1) is 11.3 Å². The van der Waals surface area contributed by atoms with E-state index in [1.54, 1.807) is 0 Å². The van der Waals surface area contributed by atoms with Crippen molar-refractivity contribution in [1.82, 2.24) is 0 Å². The molecule has 0 bridgehead atoms. The standard InChI is InChI=1S/C15H15BrClNS/c1-9-7-11(16)14(8-12(9)17)18-13-3-2-4-15-10(13)5-6-19-15/h5-8,13,18H,2-4H2,1H3. The third-order valence-electron chi connectivity index (χ3n) is 3.63. The van der Waals surface area contributed by atoms with Gasteiger partial charge in [-0.2, -0.15) is 0 Å². The van der Waals surface area contributed by atoms with Crippen LogP contribution in [0.1, 0.15) is 34.9 Å². The summed E-state index contributed by atoms with van der Waals surface area (Å²) in [6.45, 7) is 2.02. The van der Waals surface area contributed by atoms with Gasteiger partial charge in [0.15, 0.2) is 0 Å². The molecule has 0 fully saturated rings. The molecular formula is C15H15BrClNS. The number of nitrogens with one attached hydrogen (secondary N) is 1. The Bertz CT molecular complexity index is 608. The zero-order valence-electron chi connectivity index (χ0n) is 10.7. The van der Waals surface area contributed by atoms with Crippen LogP contribution in [0.25, 0.3) is 0 Å². The van der Waals surface area contributed by atoms with E-state index in [9.17, 15) is 0 Å². The summed E-state index contributed by atoms with van der Waals surface area (Å²) in [5, 5.41) is 6.64. The van der Waals surface area contributed by atoms with Crippen LogP contribution in [0.5, 0.6) is 0 Å². The lowest BCUT2D eigenvalue weighted by Crippen LogP contribution is -2.15. The molecule has 2 aromatic rings. The summed E-state index contributed by atoms with van der Waals surface area (Å²) in [4.78, 5) is 1.53. The molecule has 1 unspecified atom stereocenters. The van der Waals surface area contributed by atoms with Crippen molar-refractivity contribution in [3.8, 4) is 0 Å². The quantitative estimate of drug-likeness (QED) is 0.699. The molecule has 0 amide bonds. The molecule has 1 N–H and O–H groups in total. The number of benzene rings is 1. The van der Waals surface area contributed by atoms with Crippen molar-refractivity contribution in [2.24, 2.45) is 0 Å². The largest absolute Gasteiger partial charge is 0.377 e. The Kier molecular flexibility index (Phi) is 3.88. The fourth-order valence-electron chi connectivity index (χ4n) is 2.58. The SMILES string of the molecule is Cc1cc(Br)c(NC2CCCc3sccc32)cc1Cl. The van der Waals surface area contributed by atoms with E-state index in [0.717, 1.165) is 20.7 Å². The van der Waals surface area contributed by atoms with Crippen LogP contribution in [0.3, 0.4) is 0 Å². The molecule has 1 aromatic carbocycles. The second-order valence-electron chi connectivity index (χ2n) is 4.97. The predicted octanol–water partition coefficient (Wildman–Crippen LogP) is 5.96. The van der Waals surface area contributed by atoms with Crippen LogP contribution < -0.4 is 5.32 Å². The van der Waals surface area contributed by atoms with E-state index < -0.39 is 0 Å². The maximum Gasteiger partial charge on any atom is 0.0525 e. The predicted molar refractivity (Wildman–Crippen MR) is 87.5 cm³/mol. The smallest absolute Gasteiger partial charge is 0.0525 e. The van der Waals surface area contributed by atoms with Crippen molar-refractivity contribution >= 4 is 44.6 Å². The molecule has 1 aliphatic carbocycles. The van der Waals surface area contributed by atoms with E-state index in [-0.39, 0.29) is 0 Å². The highest BCUT2D eigenvalue weighted by atomic mass is 79.9. The Morgan fingerprint density at radius 3 is 3.11 bits per heavy atom. The van der Waals surface area contributed by atoms with Gasteiger partial charge >= 0.3 is 0 Å². The van der Waals surface area contributed by atoms with E-state index in [1.165, 1.54) is 29.7 Å². The van der Waals surface area contributed by atoms with Crippen LogP contribution in [-0.2, 0) is 6.42 Å². The summed E-state index contributed by atoms with van der Waals surface area (Å²) in [6, 6.07) is 6.74. The molecule has 3 rings (SSSR count). The van der Waals surface area contributed by atoms with Crippen LogP contribution in [-0.4, -0.2) is 0 Å². The molecule has 0 saturated heterocycles. The van der Waals surface area contributed by atoms with E-state index in [1.807, 2.05) is 24.3 Å². The van der Waals surface area contributed by atoms with Gasteiger partial charge in [-0.05, 0) is 76.8 Å². The summed E-state index contributed by atoms with van der Waals surface area (Å²) in [6.07, 6.45) is 3.66. The molecule has 19 heavy (non-hydrogen) atoms. The molecular weight excluding hydrogens is 342 g/mol. The number of anilines is 1. The van der Waals surface area contributed by atoms with Crippen LogP contribution in [0, 0.1) is 6.92 Å². The maximum atomic E-state index is 6.22. The van der Waals surface area contributed by atoms with Crippen molar-refractivity contribution in [2.45, 2.75) is 32.2 Å². The number of halogens is 2. The average molecular weight is 357 g/mol. The minimum atomic E-state index is 0.407. The Hall–Kier alpha value is -0.510. The summed E-state index contributed by atoms with van der Waals surface area (Å²) in [5.41, 5.74) is 3.64. The van der Waals surface area contributed by atoms with Crippen molar-refractivity contribution in [2.75, 3.05) is 5.32 Å². The highest BCUT2D eigenvalue weighted by Crippen LogP contribution is 2.38. The zero-order valence-corrected chi connectivity index (χ0v) is 13.8. The second-order valence-corrected chi connectivity index (χ2v) is 7.23. The molecule has 0 spiro atoms. The maximum absolute atomic E-state index is 6.22. The highest BCUT2D eigenvalue weighted by Gasteiger charge is 2.21. The van der Waals surface area contributed by atoms with Crippen LogP contribution in [0.4, 0.5) is 5.69 Å². The third-order valence-corrected chi connectivity index (χ3v) is 5.69. The Balaban J connectivity index is 1.89. The third kappa shape index (κ3) is 2.69. The molecule has 4 heteroatoms. The topological polar surface area (TPSA) is 12.0 Å². The molecule has 0 aliphatic heterocycles.